The van der Waals surface area contributed by atoms with E-state index >= 15 is 0 Å². The number of unbranched alkanes of at least 4 members (excludes halogenated alkanes) is 7. The lowest BCUT2D eigenvalue weighted by atomic mass is 10.1. The quantitative estimate of drug-likeness (QED) is 0.340. The first-order valence-electron chi connectivity index (χ1n) is 7.56. The van der Waals surface area contributed by atoms with Gasteiger partial charge >= 0.3 is 5.97 Å². The Labute approximate surface area is 122 Å². The van der Waals surface area contributed by atoms with Crippen LogP contribution in [0.1, 0.15) is 71.6 Å². The van der Waals surface area contributed by atoms with Gasteiger partial charge in [-0.25, -0.2) is 0 Å². The van der Waals surface area contributed by atoms with Gasteiger partial charge in [-0.05, 0) is 13.3 Å². The first kappa shape index (κ1) is 19.4. The van der Waals surface area contributed by atoms with Gasteiger partial charge in [0.1, 0.15) is 0 Å². The van der Waals surface area contributed by atoms with Gasteiger partial charge in [-0.2, -0.15) is 8.42 Å². The summed E-state index contributed by atoms with van der Waals surface area (Å²) < 4.78 is 36.0. The van der Waals surface area contributed by atoms with Gasteiger partial charge < -0.3 is 4.74 Å². The Morgan fingerprint density at radius 2 is 1.50 bits per heavy atom. The second-order valence-electron chi connectivity index (χ2n) is 5.02. The van der Waals surface area contributed by atoms with E-state index in [2.05, 4.69) is 11.7 Å². The molecule has 120 valence electrons. The zero-order chi connectivity index (χ0) is 15.4. The maximum absolute atomic E-state index is 11.5. The number of hydrogen-bond donors (Lipinski definition) is 1. The van der Waals surface area contributed by atoms with E-state index in [1.54, 1.807) is 6.92 Å². The number of carbonyl (C=O) groups excluding carboxylic acids is 1. The highest BCUT2D eigenvalue weighted by molar-refractivity contribution is 7.87. The summed E-state index contributed by atoms with van der Waals surface area (Å²) in [5.74, 6) is -0.849. The normalized spacial score (nSPS) is 13.2. The molecule has 0 amide bonds. The largest absolute Gasteiger partial charge is 0.465 e. The average Bonchev–Trinajstić information content (AvgIpc) is 2.35. The third kappa shape index (κ3) is 9.31. The second-order valence-corrected chi connectivity index (χ2v) is 6.62. The number of ether oxygens (including phenoxy) is 1. The molecule has 0 radical (unpaired) electrons. The number of rotatable bonds is 12. The summed E-state index contributed by atoms with van der Waals surface area (Å²) in [4.78, 5) is 11.5. The molecule has 0 aliphatic carbocycles. The molecule has 0 aromatic carbocycles. The van der Waals surface area contributed by atoms with Crippen molar-refractivity contribution in [2.75, 3.05) is 6.61 Å². The molecule has 1 N–H and O–H groups in total. The molecule has 5 nitrogen and oxygen atoms in total. The minimum Gasteiger partial charge on any atom is -0.465 e. The highest BCUT2D eigenvalue weighted by Crippen LogP contribution is 2.14. The predicted octanol–water partition coefficient (Wildman–Crippen LogP) is 3.34. The molecule has 0 spiro atoms. The molecule has 0 heterocycles. The standard InChI is InChI=1S/C14H28O5S/c1-3-5-6-7-8-9-10-11-12-13(20(16,17)18)14(15)19-4-2/h13H,3-12H2,1-2H3,(H,16,17,18). The van der Waals surface area contributed by atoms with Crippen LogP contribution in [-0.4, -0.2) is 30.8 Å². The average molecular weight is 308 g/mol. The van der Waals surface area contributed by atoms with Crippen molar-refractivity contribution in [1.29, 1.82) is 0 Å². The summed E-state index contributed by atoms with van der Waals surface area (Å²) in [6.07, 6.45) is 8.70. The Morgan fingerprint density at radius 1 is 1.00 bits per heavy atom. The molecule has 6 heteroatoms. The fourth-order valence-electron chi connectivity index (χ4n) is 2.09. The summed E-state index contributed by atoms with van der Waals surface area (Å²) in [6, 6.07) is 0. The maximum Gasteiger partial charge on any atom is 0.326 e. The molecule has 0 aromatic rings. The van der Waals surface area contributed by atoms with Crippen LogP contribution in [0.3, 0.4) is 0 Å². The van der Waals surface area contributed by atoms with Crippen molar-refractivity contribution in [2.45, 2.75) is 76.9 Å². The van der Waals surface area contributed by atoms with Crippen LogP contribution < -0.4 is 0 Å². The van der Waals surface area contributed by atoms with Crippen molar-refractivity contribution in [1.82, 2.24) is 0 Å². The van der Waals surface area contributed by atoms with Crippen LogP contribution in [0.4, 0.5) is 0 Å². The minimum atomic E-state index is -4.37. The van der Waals surface area contributed by atoms with Gasteiger partial charge in [0.2, 0.25) is 0 Å². The van der Waals surface area contributed by atoms with Gasteiger partial charge in [0.15, 0.2) is 5.25 Å². The molecular weight excluding hydrogens is 280 g/mol. The molecule has 0 bridgehead atoms. The highest BCUT2D eigenvalue weighted by atomic mass is 32.2. The number of carbonyl (C=O) groups is 1. The lowest BCUT2D eigenvalue weighted by Gasteiger charge is -2.12. The number of esters is 1. The van der Waals surface area contributed by atoms with Gasteiger partial charge in [-0.1, -0.05) is 58.3 Å². The van der Waals surface area contributed by atoms with Crippen LogP contribution in [0.15, 0.2) is 0 Å². The van der Waals surface area contributed by atoms with Gasteiger partial charge in [0.25, 0.3) is 10.1 Å². The SMILES string of the molecule is CCCCCCCCCCC(C(=O)OCC)S(=O)(=O)O. The zero-order valence-electron chi connectivity index (χ0n) is 12.6. The van der Waals surface area contributed by atoms with Crippen LogP contribution >= 0.6 is 0 Å². The smallest absolute Gasteiger partial charge is 0.326 e. The van der Waals surface area contributed by atoms with E-state index in [4.69, 9.17) is 4.55 Å². The Balaban J connectivity index is 3.90. The van der Waals surface area contributed by atoms with E-state index < -0.39 is 21.3 Å². The van der Waals surface area contributed by atoms with Crippen LogP contribution in [-0.2, 0) is 19.6 Å². The highest BCUT2D eigenvalue weighted by Gasteiger charge is 2.31. The fraction of sp³-hybridized carbons (Fsp3) is 0.929. The van der Waals surface area contributed by atoms with Gasteiger partial charge in [0.05, 0.1) is 6.61 Å². The molecular formula is C14H28O5S. The van der Waals surface area contributed by atoms with E-state index in [1.165, 1.54) is 25.7 Å². The van der Waals surface area contributed by atoms with Crippen LogP contribution in [0.2, 0.25) is 0 Å². The Kier molecular flexibility index (Phi) is 10.7. The second kappa shape index (κ2) is 11.1. The van der Waals surface area contributed by atoms with Crippen molar-refractivity contribution in [3.05, 3.63) is 0 Å². The van der Waals surface area contributed by atoms with Crippen LogP contribution in [0.5, 0.6) is 0 Å². The lowest BCUT2D eigenvalue weighted by molar-refractivity contribution is -0.142. The van der Waals surface area contributed by atoms with Crippen molar-refractivity contribution in [3.8, 4) is 0 Å². The summed E-state index contributed by atoms with van der Waals surface area (Å²) in [5.41, 5.74) is 0. The van der Waals surface area contributed by atoms with Gasteiger partial charge in [-0.3, -0.25) is 9.35 Å². The summed E-state index contributed by atoms with van der Waals surface area (Å²) in [5, 5.41) is -1.43. The monoisotopic (exact) mass is 308 g/mol. The number of hydrogen-bond acceptors (Lipinski definition) is 4. The first-order chi connectivity index (χ1) is 9.43. The van der Waals surface area contributed by atoms with Crippen LogP contribution in [0.25, 0.3) is 0 Å². The predicted molar refractivity (Wildman–Crippen MR) is 79.2 cm³/mol. The summed E-state index contributed by atoms with van der Waals surface area (Å²) in [6.45, 7) is 3.89. The van der Waals surface area contributed by atoms with Crippen molar-refractivity contribution in [2.24, 2.45) is 0 Å². The molecule has 0 fully saturated rings. The van der Waals surface area contributed by atoms with Crippen molar-refractivity contribution >= 4 is 16.1 Å². The molecule has 1 unspecified atom stereocenters. The molecule has 1 atom stereocenters. The minimum absolute atomic E-state index is 0.113. The van der Waals surface area contributed by atoms with E-state index in [9.17, 15) is 13.2 Å². The third-order valence-corrected chi connectivity index (χ3v) is 4.38. The fourth-order valence-corrected chi connectivity index (χ4v) is 2.86. The Hall–Kier alpha value is -0.620. The third-order valence-electron chi connectivity index (χ3n) is 3.23. The summed E-state index contributed by atoms with van der Waals surface area (Å²) in [7, 11) is -4.37. The topological polar surface area (TPSA) is 80.7 Å². The van der Waals surface area contributed by atoms with E-state index in [0.29, 0.717) is 6.42 Å². The molecule has 0 saturated heterocycles. The molecule has 20 heavy (non-hydrogen) atoms. The molecule has 0 aliphatic rings. The molecule has 0 rings (SSSR count). The molecule has 0 aliphatic heterocycles. The lowest BCUT2D eigenvalue weighted by Crippen LogP contribution is -2.31. The summed E-state index contributed by atoms with van der Waals surface area (Å²) >= 11 is 0. The van der Waals surface area contributed by atoms with E-state index in [-0.39, 0.29) is 13.0 Å². The van der Waals surface area contributed by atoms with Crippen molar-refractivity contribution < 1.29 is 22.5 Å². The van der Waals surface area contributed by atoms with Crippen molar-refractivity contribution in [3.63, 3.8) is 0 Å². The van der Waals surface area contributed by atoms with Gasteiger partial charge in [0, 0.05) is 0 Å². The Morgan fingerprint density at radius 3 is 1.95 bits per heavy atom. The van der Waals surface area contributed by atoms with Crippen LogP contribution in [0, 0.1) is 0 Å². The maximum atomic E-state index is 11.5. The first-order valence-corrected chi connectivity index (χ1v) is 9.06. The van der Waals surface area contributed by atoms with Gasteiger partial charge in [-0.15, -0.1) is 0 Å². The Bertz CT molecular complexity index is 351. The van der Waals surface area contributed by atoms with E-state index in [0.717, 1.165) is 19.3 Å². The zero-order valence-corrected chi connectivity index (χ0v) is 13.5. The molecule has 0 aromatic heterocycles. The molecule has 0 saturated carbocycles. The van der Waals surface area contributed by atoms with E-state index in [1.807, 2.05) is 0 Å².